The lowest BCUT2D eigenvalue weighted by Gasteiger charge is -2.32. The summed E-state index contributed by atoms with van der Waals surface area (Å²) in [5.41, 5.74) is 1.39. The Kier molecular flexibility index (Phi) is 6.85. The lowest BCUT2D eigenvalue weighted by atomic mass is 9.70. The number of hydrogen-bond donors (Lipinski definition) is 0. The van der Waals surface area contributed by atoms with Crippen LogP contribution in [0.1, 0.15) is 45.6 Å². The van der Waals surface area contributed by atoms with Gasteiger partial charge in [0.15, 0.2) is 0 Å². The molecule has 2 unspecified atom stereocenters. The molecule has 2 atom stereocenters. The highest BCUT2D eigenvalue weighted by Crippen LogP contribution is 2.63. The number of carbonyl (C=O) groups excluding carboxylic acids is 1. The maximum Gasteiger partial charge on any atom is 0.425 e. The third-order valence-electron chi connectivity index (χ3n) is 5.61. The van der Waals surface area contributed by atoms with Crippen molar-refractivity contribution >= 4 is 16.4 Å². The predicted molar refractivity (Wildman–Crippen MR) is 89.7 cm³/mol. The number of Topliss-reactive ketones (excluding diaryl/α,β-unsaturated/α-hetero) is 1. The summed E-state index contributed by atoms with van der Waals surface area (Å²) in [6, 6.07) is 11.8. The van der Waals surface area contributed by atoms with Gasteiger partial charge in [0.05, 0.1) is 12.5 Å². The van der Waals surface area contributed by atoms with Crippen molar-refractivity contribution in [2.45, 2.75) is 46.5 Å². The molecule has 2 aliphatic rings. The molecule has 0 aliphatic heterocycles. The number of benzene rings is 1. The highest BCUT2D eigenvalue weighted by atomic mass is 32.2. The highest BCUT2D eigenvalue weighted by molar-refractivity contribution is 7.59. The van der Waals surface area contributed by atoms with Crippen molar-refractivity contribution < 1.29 is 17.4 Å². The number of fused-ring (bicyclic) bond motifs is 2. The summed E-state index contributed by atoms with van der Waals surface area (Å²) >= 11 is 0. The van der Waals surface area contributed by atoms with E-state index < -0.39 is 10.6 Å². The maximum atomic E-state index is 11.6. The van der Waals surface area contributed by atoms with Gasteiger partial charge in [0.2, 0.25) is 0 Å². The van der Waals surface area contributed by atoms with Crippen LogP contribution in [0.3, 0.4) is 0 Å². The molecule has 2 saturated carbocycles. The minimum atomic E-state index is -3.11. The first-order valence-corrected chi connectivity index (χ1v) is 8.86. The van der Waals surface area contributed by atoms with Crippen molar-refractivity contribution in [3.63, 3.8) is 0 Å². The Morgan fingerprint density at radius 1 is 1.17 bits per heavy atom. The zero-order chi connectivity index (χ0) is 18.4. The molecule has 0 aromatic heterocycles. The van der Waals surface area contributed by atoms with Crippen molar-refractivity contribution in [2.75, 3.05) is 0 Å². The van der Waals surface area contributed by atoms with Gasteiger partial charge in [-0.1, -0.05) is 51.1 Å². The zero-order valence-electron chi connectivity index (χ0n) is 14.3. The second-order valence-corrected chi connectivity index (χ2v) is 7.35. The van der Waals surface area contributed by atoms with Crippen molar-refractivity contribution in [3.05, 3.63) is 35.9 Å². The minimum Gasteiger partial charge on any atom is -0.299 e. The Labute approximate surface area is 144 Å². The SMILES string of the molecule is CC12CCC(CC1=O)C2(C)C.N#CCc1ccccc1.O=S(=O)=O. The van der Waals surface area contributed by atoms with Gasteiger partial charge in [-0.25, -0.2) is 0 Å². The molecule has 0 N–H and O–H groups in total. The Balaban J connectivity index is 0.000000201. The normalized spacial score (nSPS) is 25.6. The third-order valence-corrected chi connectivity index (χ3v) is 5.61. The van der Waals surface area contributed by atoms with Crippen LogP contribution in [0.5, 0.6) is 0 Å². The highest BCUT2D eigenvalue weighted by Gasteiger charge is 2.61. The molecule has 0 radical (unpaired) electrons. The van der Waals surface area contributed by atoms with E-state index in [1.54, 1.807) is 0 Å². The van der Waals surface area contributed by atoms with Crippen molar-refractivity contribution in [1.82, 2.24) is 0 Å². The van der Waals surface area contributed by atoms with Crippen LogP contribution in [0.15, 0.2) is 30.3 Å². The quantitative estimate of drug-likeness (QED) is 0.776. The molecule has 3 rings (SSSR count). The fourth-order valence-electron chi connectivity index (χ4n) is 3.59. The van der Waals surface area contributed by atoms with E-state index in [2.05, 4.69) is 26.8 Å². The van der Waals surface area contributed by atoms with Gasteiger partial charge >= 0.3 is 10.6 Å². The fraction of sp³-hybridized carbons (Fsp3) is 0.556. The van der Waals surface area contributed by atoms with Crippen LogP contribution in [-0.4, -0.2) is 18.4 Å². The predicted octanol–water partition coefficient (Wildman–Crippen LogP) is 3.15. The average Bonchev–Trinajstić information content (AvgIpc) is 2.82. The second-order valence-electron chi connectivity index (χ2n) is 6.94. The van der Waals surface area contributed by atoms with Crippen molar-refractivity contribution in [3.8, 4) is 6.07 Å². The van der Waals surface area contributed by atoms with Gasteiger partial charge in [-0.15, -0.1) is 12.6 Å². The molecule has 0 spiro atoms. The molecule has 6 heteroatoms. The lowest BCUT2D eigenvalue weighted by molar-refractivity contribution is -0.128. The Morgan fingerprint density at radius 2 is 1.71 bits per heavy atom. The summed E-state index contributed by atoms with van der Waals surface area (Å²) in [5.74, 6) is 1.19. The standard InChI is InChI=1S/C10H16O.C8H7N.O3S/c1-9(2)7-4-5-10(9,3)8(11)6-7;9-7-6-8-4-2-1-3-5-8;1-4(2)3/h7H,4-6H2,1-3H3;1-5H,6H2;. The van der Waals surface area contributed by atoms with Gasteiger partial charge in [-0.3, -0.25) is 4.79 Å². The lowest BCUT2D eigenvalue weighted by Crippen LogP contribution is -2.32. The van der Waals surface area contributed by atoms with E-state index >= 15 is 0 Å². The molecular formula is C18H23NO4S. The van der Waals surface area contributed by atoms with Crippen molar-refractivity contribution in [2.24, 2.45) is 16.7 Å². The largest absolute Gasteiger partial charge is 0.425 e. The molecule has 5 nitrogen and oxygen atoms in total. The Hall–Kier alpha value is -2.00. The monoisotopic (exact) mass is 349 g/mol. The van der Waals surface area contributed by atoms with Gasteiger partial charge in [0.1, 0.15) is 5.78 Å². The smallest absolute Gasteiger partial charge is 0.299 e. The van der Waals surface area contributed by atoms with E-state index in [1.165, 1.54) is 6.42 Å². The molecule has 0 saturated heterocycles. The van der Waals surface area contributed by atoms with Gasteiger partial charge in [0.25, 0.3) is 0 Å². The van der Waals surface area contributed by atoms with E-state index in [-0.39, 0.29) is 10.8 Å². The molecule has 1 aromatic rings. The number of carbonyl (C=O) groups is 1. The molecular weight excluding hydrogens is 326 g/mol. The minimum absolute atomic E-state index is 0.0255. The summed E-state index contributed by atoms with van der Waals surface area (Å²) in [7, 11) is -3.11. The summed E-state index contributed by atoms with van der Waals surface area (Å²) in [4.78, 5) is 11.6. The number of hydrogen-bond acceptors (Lipinski definition) is 5. The zero-order valence-corrected chi connectivity index (χ0v) is 15.1. The number of nitriles is 1. The summed E-state index contributed by atoms with van der Waals surface area (Å²) in [6.45, 7) is 6.67. The molecule has 2 aliphatic carbocycles. The molecule has 2 fully saturated rings. The topological polar surface area (TPSA) is 92.1 Å². The van der Waals surface area contributed by atoms with E-state index in [0.29, 0.717) is 18.1 Å². The van der Waals surface area contributed by atoms with Crippen LogP contribution < -0.4 is 0 Å². The first-order valence-electron chi connectivity index (χ1n) is 7.86. The third kappa shape index (κ3) is 4.51. The summed E-state index contributed by atoms with van der Waals surface area (Å²) in [6.07, 6.45) is 3.77. The number of nitrogens with zero attached hydrogens (tertiary/aromatic N) is 1. The molecule has 0 amide bonds. The van der Waals surface area contributed by atoms with Crippen molar-refractivity contribution in [1.29, 1.82) is 5.26 Å². The Morgan fingerprint density at radius 3 is 2.00 bits per heavy atom. The van der Waals surface area contributed by atoms with E-state index in [0.717, 1.165) is 18.4 Å². The second kappa shape index (κ2) is 8.20. The van der Waals surface area contributed by atoms with Gasteiger partial charge in [0, 0.05) is 11.8 Å². The summed E-state index contributed by atoms with van der Waals surface area (Å²) in [5, 5.41) is 8.27. The van der Waals surface area contributed by atoms with Gasteiger partial charge in [-0.2, -0.15) is 5.26 Å². The van der Waals surface area contributed by atoms with Crippen LogP contribution in [0.2, 0.25) is 0 Å². The van der Waals surface area contributed by atoms with Crippen LogP contribution in [0, 0.1) is 28.1 Å². The van der Waals surface area contributed by atoms with E-state index in [1.807, 2.05) is 30.3 Å². The average molecular weight is 349 g/mol. The van der Waals surface area contributed by atoms with E-state index in [4.69, 9.17) is 17.9 Å². The number of rotatable bonds is 1. The first-order chi connectivity index (χ1) is 11.1. The maximum absolute atomic E-state index is 11.6. The van der Waals surface area contributed by atoms with E-state index in [9.17, 15) is 4.79 Å². The molecule has 2 bridgehead atoms. The molecule has 0 heterocycles. The summed E-state index contributed by atoms with van der Waals surface area (Å²) < 4.78 is 25.3. The molecule has 24 heavy (non-hydrogen) atoms. The van der Waals surface area contributed by atoms with Gasteiger partial charge in [-0.05, 0) is 29.7 Å². The molecule has 130 valence electrons. The fourth-order valence-corrected chi connectivity index (χ4v) is 3.59. The number of ketones is 1. The van der Waals surface area contributed by atoms with Crippen LogP contribution in [0.4, 0.5) is 0 Å². The first kappa shape index (κ1) is 20.0. The Bertz CT molecular complexity index is 712. The molecule has 1 aromatic carbocycles. The van der Waals surface area contributed by atoms with Crippen LogP contribution >= 0.6 is 0 Å². The van der Waals surface area contributed by atoms with Crippen LogP contribution in [0.25, 0.3) is 0 Å². The van der Waals surface area contributed by atoms with Gasteiger partial charge < -0.3 is 0 Å². The van der Waals surface area contributed by atoms with Crippen LogP contribution in [-0.2, 0) is 21.8 Å².